The first-order chi connectivity index (χ1) is 10.7. The molecule has 2 heterocycles. The van der Waals surface area contributed by atoms with Crippen molar-refractivity contribution in [1.82, 2.24) is 9.88 Å². The molecule has 8 heteroatoms. The van der Waals surface area contributed by atoms with Gasteiger partial charge in [0.05, 0.1) is 23.1 Å². The molecule has 1 aromatic rings. The molecule has 3 atom stereocenters. The fourth-order valence-electron chi connectivity index (χ4n) is 2.34. The van der Waals surface area contributed by atoms with Crippen molar-refractivity contribution in [2.45, 2.75) is 50.0 Å². The van der Waals surface area contributed by atoms with E-state index in [0.29, 0.717) is 9.63 Å². The average Bonchev–Trinajstić information content (AvgIpc) is 2.77. The first kappa shape index (κ1) is 18.3. The van der Waals surface area contributed by atoms with Gasteiger partial charge in [-0.25, -0.2) is 14.2 Å². The van der Waals surface area contributed by atoms with Crippen LogP contribution in [-0.2, 0) is 15.5 Å². The van der Waals surface area contributed by atoms with Crippen molar-refractivity contribution in [3.63, 3.8) is 0 Å². The van der Waals surface area contributed by atoms with E-state index in [1.807, 2.05) is 0 Å². The van der Waals surface area contributed by atoms with E-state index in [9.17, 15) is 13.4 Å². The number of alkyl halides is 1. The quantitative estimate of drug-likeness (QED) is 0.722. The zero-order valence-electron chi connectivity index (χ0n) is 13.3. The van der Waals surface area contributed by atoms with Crippen molar-refractivity contribution >= 4 is 32.8 Å². The van der Waals surface area contributed by atoms with Crippen LogP contribution in [0.3, 0.4) is 0 Å². The lowest BCUT2D eigenvalue weighted by molar-refractivity contribution is 0.0233. The lowest BCUT2D eigenvalue weighted by atomic mass is 10.2. The van der Waals surface area contributed by atoms with E-state index in [1.165, 1.54) is 4.90 Å². The molecule has 2 rings (SSSR count). The highest BCUT2D eigenvalue weighted by Crippen LogP contribution is 2.25. The standard InChI is InChI=1S/C15H20BrFN2O3S/c1-15(2,3)22-14(20)19-8-10(17)7-11(19)9-23(21)13-6-4-5-12(16)18-13/h4-6,10-11H,7-9H2,1-3H3/t10-,11+,23?/m1/s1. The Morgan fingerprint density at radius 2 is 2.22 bits per heavy atom. The van der Waals surface area contributed by atoms with Crippen molar-refractivity contribution in [3.8, 4) is 0 Å². The molecule has 0 aromatic carbocycles. The van der Waals surface area contributed by atoms with Crippen LogP contribution < -0.4 is 0 Å². The number of carbonyl (C=O) groups is 1. The molecular weight excluding hydrogens is 387 g/mol. The number of pyridine rings is 1. The molecule has 0 N–H and O–H groups in total. The number of rotatable bonds is 3. The summed E-state index contributed by atoms with van der Waals surface area (Å²) < 4.78 is 32.1. The van der Waals surface area contributed by atoms with Crippen LogP contribution in [0.4, 0.5) is 9.18 Å². The van der Waals surface area contributed by atoms with E-state index in [0.717, 1.165) is 0 Å². The summed E-state index contributed by atoms with van der Waals surface area (Å²) in [6.07, 6.45) is -1.53. The molecule has 1 amide bonds. The summed E-state index contributed by atoms with van der Waals surface area (Å²) in [5, 5.41) is 0.408. The molecule has 1 aliphatic rings. The number of carbonyl (C=O) groups excluding carboxylic acids is 1. The second-order valence-corrected chi connectivity index (χ2v) is 8.69. The molecule has 0 bridgehead atoms. The van der Waals surface area contributed by atoms with Gasteiger partial charge in [-0.05, 0) is 48.8 Å². The van der Waals surface area contributed by atoms with Crippen LogP contribution in [0.25, 0.3) is 0 Å². The van der Waals surface area contributed by atoms with E-state index < -0.39 is 34.7 Å². The van der Waals surface area contributed by atoms with Gasteiger partial charge in [0.1, 0.15) is 21.4 Å². The number of hydrogen-bond acceptors (Lipinski definition) is 4. The SMILES string of the molecule is CC(C)(C)OC(=O)N1C[C@H](F)C[C@H]1CS(=O)c1cccc(Br)n1. The highest BCUT2D eigenvalue weighted by Gasteiger charge is 2.38. The molecule has 128 valence electrons. The van der Waals surface area contributed by atoms with Crippen LogP contribution in [-0.4, -0.2) is 50.3 Å². The number of nitrogens with zero attached hydrogens (tertiary/aromatic N) is 2. The molecule has 1 unspecified atom stereocenters. The van der Waals surface area contributed by atoms with Crippen LogP contribution in [0.2, 0.25) is 0 Å². The van der Waals surface area contributed by atoms with E-state index in [2.05, 4.69) is 20.9 Å². The summed E-state index contributed by atoms with van der Waals surface area (Å²) in [5.74, 6) is 0.142. The number of hydrogen-bond donors (Lipinski definition) is 0. The Hall–Kier alpha value is -1.02. The van der Waals surface area contributed by atoms with Crippen LogP contribution >= 0.6 is 15.9 Å². The third-order valence-electron chi connectivity index (χ3n) is 3.26. The Morgan fingerprint density at radius 1 is 1.52 bits per heavy atom. The monoisotopic (exact) mass is 406 g/mol. The maximum Gasteiger partial charge on any atom is 0.410 e. The molecule has 0 radical (unpaired) electrons. The van der Waals surface area contributed by atoms with Crippen LogP contribution in [0, 0.1) is 0 Å². The third-order valence-corrected chi connectivity index (χ3v) is 5.08. The minimum absolute atomic E-state index is 0.0251. The molecule has 1 fully saturated rings. The number of halogens is 2. The van der Waals surface area contributed by atoms with Crippen LogP contribution in [0.15, 0.2) is 27.8 Å². The average molecular weight is 407 g/mol. The Labute approximate surface area is 146 Å². The van der Waals surface area contributed by atoms with Gasteiger partial charge in [0, 0.05) is 12.5 Å². The van der Waals surface area contributed by atoms with Gasteiger partial charge in [0.2, 0.25) is 0 Å². The van der Waals surface area contributed by atoms with Gasteiger partial charge in [-0.15, -0.1) is 0 Å². The minimum Gasteiger partial charge on any atom is -0.444 e. The molecular formula is C15H20BrFN2O3S. The second-order valence-electron chi connectivity index (χ2n) is 6.43. The van der Waals surface area contributed by atoms with Gasteiger partial charge >= 0.3 is 6.09 Å². The number of amides is 1. The first-order valence-corrected chi connectivity index (χ1v) is 9.41. The summed E-state index contributed by atoms with van der Waals surface area (Å²) in [4.78, 5) is 17.7. The topological polar surface area (TPSA) is 59.5 Å². The Morgan fingerprint density at radius 3 is 2.83 bits per heavy atom. The fraction of sp³-hybridized carbons (Fsp3) is 0.600. The summed E-state index contributed by atoms with van der Waals surface area (Å²) in [6.45, 7) is 5.24. The lowest BCUT2D eigenvalue weighted by Crippen LogP contribution is -2.42. The maximum absolute atomic E-state index is 13.8. The van der Waals surface area contributed by atoms with Crippen molar-refractivity contribution < 1.29 is 18.1 Å². The van der Waals surface area contributed by atoms with Crippen molar-refractivity contribution in [2.75, 3.05) is 12.3 Å². The Kier molecular flexibility index (Phi) is 5.78. The minimum atomic E-state index is -1.42. The third kappa shape index (κ3) is 5.24. The Balaban J connectivity index is 2.07. The summed E-state index contributed by atoms with van der Waals surface area (Å²) in [7, 11) is -1.42. The smallest absolute Gasteiger partial charge is 0.410 e. The van der Waals surface area contributed by atoms with E-state index in [-0.39, 0.29) is 18.7 Å². The molecule has 5 nitrogen and oxygen atoms in total. The van der Waals surface area contributed by atoms with Crippen molar-refractivity contribution in [2.24, 2.45) is 0 Å². The summed E-state index contributed by atoms with van der Waals surface area (Å²) >= 11 is 3.23. The molecule has 0 spiro atoms. The molecule has 0 saturated carbocycles. The molecule has 1 aromatic heterocycles. The second kappa shape index (κ2) is 7.25. The number of ether oxygens (including phenoxy) is 1. The lowest BCUT2D eigenvalue weighted by Gasteiger charge is -2.28. The molecule has 0 aliphatic carbocycles. The Bertz CT molecular complexity index is 609. The normalized spacial score (nSPS) is 22.9. The summed E-state index contributed by atoms with van der Waals surface area (Å²) in [5.41, 5.74) is -0.652. The highest BCUT2D eigenvalue weighted by molar-refractivity contribution is 9.10. The molecule has 23 heavy (non-hydrogen) atoms. The van der Waals surface area contributed by atoms with E-state index >= 15 is 0 Å². The molecule has 1 aliphatic heterocycles. The van der Waals surface area contributed by atoms with E-state index in [1.54, 1.807) is 39.0 Å². The number of likely N-dealkylation sites (tertiary alicyclic amines) is 1. The molecule has 1 saturated heterocycles. The van der Waals surface area contributed by atoms with Crippen LogP contribution in [0.5, 0.6) is 0 Å². The van der Waals surface area contributed by atoms with Gasteiger partial charge in [0.15, 0.2) is 0 Å². The zero-order chi connectivity index (χ0) is 17.2. The van der Waals surface area contributed by atoms with Gasteiger partial charge in [0.25, 0.3) is 0 Å². The summed E-state index contributed by atoms with van der Waals surface area (Å²) in [6, 6.07) is 4.67. The van der Waals surface area contributed by atoms with Gasteiger partial charge in [-0.1, -0.05) is 6.07 Å². The van der Waals surface area contributed by atoms with Gasteiger partial charge in [-0.2, -0.15) is 0 Å². The predicted octanol–water partition coefficient (Wildman–Crippen LogP) is 3.30. The van der Waals surface area contributed by atoms with Crippen molar-refractivity contribution in [1.29, 1.82) is 0 Å². The fourth-order valence-corrected chi connectivity index (χ4v) is 4.07. The first-order valence-electron chi connectivity index (χ1n) is 7.30. The van der Waals surface area contributed by atoms with E-state index in [4.69, 9.17) is 4.74 Å². The van der Waals surface area contributed by atoms with Gasteiger partial charge < -0.3 is 9.64 Å². The largest absolute Gasteiger partial charge is 0.444 e. The highest BCUT2D eigenvalue weighted by atomic mass is 79.9. The zero-order valence-corrected chi connectivity index (χ0v) is 15.7. The van der Waals surface area contributed by atoms with Crippen molar-refractivity contribution in [3.05, 3.63) is 22.8 Å². The van der Waals surface area contributed by atoms with Gasteiger partial charge in [-0.3, -0.25) is 4.21 Å². The maximum atomic E-state index is 13.8. The number of aromatic nitrogens is 1. The van der Waals surface area contributed by atoms with Crippen LogP contribution in [0.1, 0.15) is 27.2 Å². The predicted molar refractivity (Wildman–Crippen MR) is 89.5 cm³/mol.